The van der Waals surface area contributed by atoms with Crippen LogP contribution in [-0.2, 0) is 14.8 Å². The van der Waals surface area contributed by atoms with E-state index in [9.17, 15) is 13.2 Å². The lowest BCUT2D eigenvalue weighted by molar-refractivity contribution is -0.135. The van der Waals surface area contributed by atoms with Gasteiger partial charge in [0.15, 0.2) is 0 Å². The van der Waals surface area contributed by atoms with Crippen LogP contribution in [-0.4, -0.2) is 74.2 Å². The molecule has 2 aliphatic heterocycles. The van der Waals surface area contributed by atoms with Crippen molar-refractivity contribution in [3.63, 3.8) is 0 Å². The van der Waals surface area contributed by atoms with Crippen molar-refractivity contribution in [3.8, 4) is 0 Å². The Bertz CT molecular complexity index is 745. The van der Waals surface area contributed by atoms with Crippen LogP contribution < -0.4 is 0 Å². The smallest absolute Gasteiger partial charge is 0.243 e. The Morgan fingerprint density at radius 3 is 2.11 bits per heavy atom. The highest BCUT2D eigenvalue weighted by atomic mass is 32.2. The number of rotatable bonds is 4. The number of nitrogens with zero attached hydrogens (tertiary/aromatic N) is 3. The van der Waals surface area contributed by atoms with E-state index in [1.54, 1.807) is 12.1 Å². The zero-order valence-corrected chi connectivity index (χ0v) is 17.4. The van der Waals surface area contributed by atoms with E-state index in [0.29, 0.717) is 49.5 Å². The number of carbonyl (C=O) groups is 1. The minimum absolute atomic E-state index is 0.170. The molecule has 0 spiro atoms. The molecular weight excluding hydrogens is 362 g/mol. The molecule has 1 aromatic carbocycles. The molecule has 27 heavy (non-hydrogen) atoms. The topological polar surface area (TPSA) is 60.9 Å². The lowest BCUT2D eigenvalue weighted by atomic mass is 9.92. The third-order valence-corrected chi connectivity index (χ3v) is 7.48. The highest BCUT2D eigenvalue weighted by Gasteiger charge is 2.31. The molecule has 0 bridgehead atoms. The maximum absolute atomic E-state index is 12.8. The number of amides is 1. The number of aryl methyl sites for hydroxylation is 1. The highest BCUT2D eigenvalue weighted by Crippen LogP contribution is 2.22. The Hall–Kier alpha value is -1.44. The molecule has 2 heterocycles. The average Bonchev–Trinajstić information content (AvgIpc) is 2.61. The fourth-order valence-corrected chi connectivity index (χ4v) is 5.57. The van der Waals surface area contributed by atoms with Gasteiger partial charge in [0.05, 0.1) is 11.4 Å². The van der Waals surface area contributed by atoms with Crippen LogP contribution in [0, 0.1) is 18.8 Å². The fraction of sp³-hybridized carbons (Fsp3) is 0.650. The van der Waals surface area contributed by atoms with Gasteiger partial charge in [0.2, 0.25) is 15.9 Å². The van der Waals surface area contributed by atoms with Crippen molar-refractivity contribution in [2.45, 2.75) is 32.1 Å². The number of likely N-dealkylation sites (tertiary alicyclic amines) is 1. The zero-order valence-electron chi connectivity index (χ0n) is 16.6. The molecule has 2 unspecified atom stereocenters. The largest absolute Gasteiger partial charge is 0.341 e. The third kappa shape index (κ3) is 4.89. The Morgan fingerprint density at radius 2 is 1.56 bits per heavy atom. The molecule has 1 aromatic rings. The van der Waals surface area contributed by atoms with Crippen molar-refractivity contribution in [2.24, 2.45) is 11.8 Å². The van der Waals surface area contributed by atoms with Crippen molar-refractivity contribution in [3.05, 3.63) is 29.8 Å². The number of carbonyl (C=O) groups excluding carboxylic acids is 1. The molecule has 0 aromatic heterocycles. The maximum atomic E-state index is 12.8. The minimum Gasteiger partial charge on any atom is -0.341 e. The molecule has 3 rings (SSSR count). The van der Waals surface area contributed by atoms with E-state index in [0.717, 1.165) is 18.7 Å². The molecule has 1 amide bonds. The van der Waals surface area contributed by atoms with Crippen LogP contribution in [0.4, 0.5) is 0 Å². The first-order chi connectivity index (χ1) is 12.8. The molecule has 2 aliphatic rings. The standard InChI is InChI=1S/C20H31N3O3S/c1-16-4-6-19(7-5-16)27(25,26)23-10-8-21(9-11-23)15-20(24)22-13-17(2)12-18(3)14-22/h4-7,17-18H,8-15H2,1-3H3. The number of hydrogen-bond acceptors (Lipinski definition) is 4. The monoisotopic (exact) mass is 393 g/mol. The normalized spacial score (nSPS) is 25.5. The molecule has 2 atom stereocenters. The van der Waals surface area contributed by atoms with Crippen LogP contribution in [0.2, 0.25) is 0 Å². The summed E-state index contributed by atoms with van der Waals surface area (Å²) in [6, 6.07) is 6.98. The molecule has 0 N–H and O–H groups in total. The van der Waals surface area contributed by atoms with Crippen molar-refractivity contribution in [1.82, 2.24) is 14.1 Å². The predicted octanol–water partition coefficient (Wildman–Crippen LogP) is 1.81. The maximum Gasteiger partial charge on any atom is 0.243 e. The molecule has 0 saturated carbocycles. The van der Waals surface area contributed by atoms with Gasteiger partial charge in [0, 0.05) is 39.3 Å². The summed E-state index contributed by atoms with van der Waals surface area (Å²) in [6.07, 6.45) is 1.18. The number of benzene rings is 1. The van der Waals surface area contributed by atoms with Gasteiger partial charge in [-0.05, 0) is 37.3 Å². The van der Waals surface area contributed by atoms with Crippen LogP contribution in [0.3, 0.4) is 0 Å². The minimum atomic E-state index is -3.45. The summed E-state index contributed by atoms with van der Waals surface area (Å²) in [6.45, 7) is 10.4. The van der Waals surface area contributed by atoms with E-state index in [2.05, 4.69) is 18.7 Å². The first-order valence-corrected chi connectivity index (χ1v) is 11.3. The quantitative estimate of drug-likeness (QED) is 0.783. The second kappa shape index (κ2) is 8.29. The molecule has 150 valence electrons. The zero-order chi connectivity index (χ0) is 19.6. The average molecular weight is 394 g/mol. The van der Waals surface area contributed by atoms with Crippen LogP contribution >= 0.6 is 0 Å². The van der Waals surface area contributed by atoms with E-state index in [1.165, 1.54) is 10.7 Å². The summed E-state index contributed by atoms with van der Waals surface area (Å²) in [5.74, 6) is 1.27. The lowest BCUT2D eigenvalue weighted by Crippen LogP contribution is -2.52. The summed E-state index contributed by atoms with van der Waals surface area (Å²) in [5, 5.41) is 0. The van der Waals surface area contributed by atoms with E-state index in [-0.39, 0.29) is 5.91 Å². The second-order valence-electron chi connectivity index (χ2n) is 8.24. The highest BCUT2D eigenvalue weighted by molar-refractivity contribution is 7.89. The third-order valence-electron chi connectivity index (χ3n) is 5.57. The summed E-state index contributed by atoms with van der Waals surface area (Å²) in [5.41, 5.74) is 1.04. The van der Waals surface area contributed by atoms with E-state index in [4.69, 9.17) is 0 Å². The van der Waals surface area contributed by atoms with E-state index >= 15 is 0 Å². The van der Waals surface area contributed by atoms with Gasteiger partial charge in [-0.25, -0.2) is 8.42 Å². The van der Waals surface area contributed by atoms with Gasteiger partial charge in [-0.3, -0.25) is 9.69 Å². The van der Waals surface area contributed by atoms with Crippen molar-refractivity contribution < 1.29 is 13.2 Å². The summed E-state index contributed by atoms with van der Waals surface area (Å²) in [4.78, 5) is 17.0. The van der Waals surface area contributed by atoms with Crippen molar-refractivity contribution in [1.29, 1.82) is 0 Å². The number of piperidine rings is 1. The van der Waals surface area contributed by atoms with Gasteiger partial charge in [-0.15, -0.1) is 0 Å². The molecule has 7 heteroatoms. The summed E-state index contributed by atoms with van der Waals surface area (Å²) >= 11 is 0. The van der Waals surface area contributed by atoms with Gasteiger partial charge in [-0.1, -0.05) is 31.5 Å². The first-order valence-electron chi connectivity index (χ1n) is 9.82. The van der Waals surface area contributed by atoms with Crippen molar-refractivity contribution in [2.75, 3.05) is 45.8 Å². The van der Waals surface area contributed by atoms with Gasteiger partial charge in [0.1, 0.15) is 0 Å². The van der Waals surface area contributed by atoms with Crippen LogP contribution in [0.25, 0.3) is 0 Å². The first kappa shape index (κ1) is 20.3. The van der Waals surface area contributed by atoms with Gasteiger partial charge in [-0.2, -0.15) is 4.31 Å². The molecule has 0 aliphatic carbocycles. The van der Waals surface area contributed by atoms with Crippen LogP contribution in [0.1, 0.15) is 25.8 Å². The van der Waals surface area contributed by atoms with E-state index in [1.807, 2.05) is 24.0 Å². The Labute approximate surface area is 163 Å². The van der Waals surface area contributed by atoms with Crippen molar-refractivity contribution >= 4 is 15.9 Å². The number of piperazine rings is 1. The van der Waals surface area contributed by atoms with Gasteiger partial charge in [0.25, 0.3) is 0 Å². The van der Waals surface area contributed by atoms with E-state index < -0.39 is 10.0 Å². The second-order valence-corrected chi connectivity index (χ2v) is 10.2. The predicted molar refractivity (Wildman–Crippen MR) is 106 cm³/mol. The fourth-order valence-electron chi connectivity index (χ4n) is 4.15. The lowest BCUT2D eigenvalue weighted by Gasteiger charge is -2.38. The van der Waals surface area contributed by atoms with Gasteiger partial charge >= 0.3 is 0 Å². The molecule has 0 radical (unpaired) electrons. The number of hydrogen-bond donors (Lipinski definition) is 0. The Morgan fingerprint density at radius 1 is 1.00 bits per heavy atom. The molecule has 6 nitrogen and oxygen atoms in total. The Balaban J connectivity index is 1.54. The summed E-state index contributed by atoms with van der Waals surface area (Å²) < 4.78 is 27.1. The van der Waals surface area contributed by atoms with Gasteiger partial charge < -0.3 is 4.90 Å². The van der Waals surface area contributed by atoms with Crippen LogP contribution in [0.15, 0.2) is 29.2 Å². The molecule has 2 saturated heterocycles. The molecule has 2 fully saturated rings. The number of sulfonamides is 1. The van der Waals surface area contributed by atoms with Crippen LogP contribution in [0.5, 0.6) is 0 Å². The Kier molecular flexibility index (Phi) is 6.23. The SMILES string of the molecule is Cc1ccc(S(=O)(=O)N2CCN(CC(=O)N3CC(C)CC(C)C3)CC2)cc1. The molecular formula is C20H31N3O3S. The summed E-state index contributed by atoms with van der Waals surface area (Å²) in [7, 11) is -3.45.